The predicted octanol–water partition coefficient (Wildman–Crippen LogP) is 3.46. The maximum absolute atomic E-state index is 4.44. The number of anilines is 3. The van der Waals surface area contributed by atoms with E-state index in [9.17, 15) is 0 Å². The standard InChI is InChI=1S/C17H16N4/c1-3-7-15(8-4-1)19-13-20(16-9-5-2-6-10-16)17-11-12-18-21(17)14-19/h1-12H,13-14H2. The third-order valence-corrected chi connectivity index (χ3v) is 3.78. The molecule has 4 nitrogen and oxygen atoms in total. The van der Waals surface area contributed by atoms with Gasteiger partial charge < -0.3 is 9.80 Å². The van der Waals surface area contributed by atoms with Crippen LogP contribution in [0.4, 0.5) is 17.2 Å². The van der Waals surface area contributed by atoms with Gasteiger partial charge in [-0.3, -0.25) is 0 Å². The SMILES string of the molecule is c1ccc(N2CN(c3ccccc3)c3ccnn3C2)cc1. The number of nitrogens with zero attached hydrogens (tertiary/aromatic N) is 4. The van der Waals surface area contributed by atoms with Crippen molar-refractivity contribution >= 4 is 17.2 Å². The number of benzene rings is 2. The van der Waals surface area contributed by atoms with Gasteiger partial charge in [0.05, 0.1) is 12.9 Å². The summed E-state index contributed by atoms with van der Waals surface area (Å²) in [5.74, 6) is 1.13. The minimum absolute atomic E-state index is 0.773. The van der Waals surface area contributed by atoms with E-state index in [1.54, 1.807) is 0 Å². The van der Waals surface area contributed by atoms with E-state index in [1.165, 1.54) is 11.4 Å². The molecule has 1 aromatic heterocycles. The van der Waals surface area contributed by atoms with Crippen LogP contribution in [0.3, 0.4) is 0 Å². The molecule has 4 rings (SSSR count). The molecular weight excluding hydrogens is 260 g/mol. The summed E-state index contributed by atoms with van der Waals surface area (Å²) in [5, 5.41) is 4.44. The van der Waals surface area contributed by atoms with E-state index in [2.05, 4.69) is 69.5 Å². The highest BCUT2D eigenvalue weighted by Gasteiger charge is 2.23. The van der Waals surface area contributed by atoms with Crippen molar-refractivity contribution in [3.05, 3.63) is 72.9 Å². The Hall–Kier alpha value is -2.75. The van der Waals surface area contributed by atoms with Gasteiger partial charge in [-0.15, -0.1) is 0 Å². The fourth-order valence-electron chi connectivity index (χ4n) is 2.74. The molecular formula is C17H16N4. The molecule has 0 fully saturated rings. The molecule has 0 saturated heterocycles. The molecule has 0 amide bonds. The van der Waals surface area contributed by atoms with Gasteiger partial charge in [-0.1, -0.05) is 36.4 Å². The molecule has 2 heterocycles. The molecule has 0 N–H and O–H groups in total. The summed E-state index contributed by atoms with van der Waals surface area (Å²) >= 11 is 0. The summed E-state index contributed by atoms with van der Waals surface area (Å²) in [4.78, 5) is 4.59. The van der Waals surface area contributed by atoms with Crippen LogP contribution in [0.1, 0.15) is 0 Å². The molecule has 1 aliphatic rings. The van der Waals surface area contributed by atoms with Gasteiger partial charge in [-0.25, -0.2) is 4.68 Å². The lowest BCUT2D eigenvalue weighted by Gasteiger charge is -2.38. The Morgan fingerprint density at radius 1 is 0.714 bits per heavy atom. The number of hydrogen-bond donors (Lipinski definition) is 0. The molecule has 104 valence electrons. The van der Waals surface area contributed by atoms with Crippen molar-refractivity contribution in [2.24, 2.45) is 0 Å². The zero-order valence-corrected chi connectivity index (χ0v) is 11.6. The topological polar surface area (TPSA) is 24.3 Å². The molecule has 0 radical (unpaired) electrons. The van der Waals surface area contributed by atoms with Gasteiger partial charge in [0.15, 0.2) is 0 Å². The highest BCUT2D eigenvalue weighted by molar-refractivity contribution is 5.63. The third-order valence-electron chi connectivity index (χ3n) is 3.78. The normalized spacial score (nSPS) is 14.1. The van der Waals surface area contributed by atoms with E-state index in [0.717, 1.165) is 19.2 Å². The molecule has 4 heteroatoms. The Kier molecular flexibility index (Phi) is 2.85. The van der Waals surface area contributed by atoms with Crippen LogP contribution in [0.2, 0.25) is 0 Å². The Labute approximate surface area is 123 Å². The predicted molar refractivity (Wildman–Crippen MR) is 84.6 cm³/mol. The molecule has 0 spiro atoms. The largest absolute Gasteiger partial charge is 0.334 e. The smallest absolute Gasteiger partial charge is 0.134 e. The second kappa shape index (κ2) is 4.98. The number of hydrogen-bond acceptors (Lipinski definition) is 3. The molecule has 0 aliphatic carbocycles. The van der Waals surface area contributed by atoms with Crippen molar-refractivity contribution in [2.75, 3.05) is 16.5 Å². The second-order valence-electron chi connectivity index (χ2n) is 5.11. The van der Waals surface area contributed by atoms with Gasteiger partial charge in [0.1, 0.15) is 12.5 Å². The first-order chi connectivity index (χ1) is 10.4. The molecule has 0 atom stereocenters. The van der Waals surface area contributed by atoms with Gasteiger partial charge in [0.2, 0.25) is 0 Å². The average Bonchev–Trinajstić information content (AvgIpc) is 3.04. The van der Waals surface area contributed by atoms with Crippen molar-refractivity contribution < 1.29 is 0 Å². The number of para-hydroxylation sites is 2. The number of fused-ring (bicyclic) bond motifs is 1. The van der Waals surface area contributed by atoms with Gasteiger partial charge in [-0.2, -0.15) is 5.10 Å². The lowest BCUT2D eigenvalue weighted by atomic mass is 10.2. The maximum atomic E-state index is 4.44. The first kappa shape index (κ1) is 12.0. The minimum Gasteiger partial charge on any atom is -0.334 e. The molecule has 0 bridgehead atoms. The molecule has 2 aromatic carbocycles. The van der Waals surface area contributed by atoms with Crippen LogP contribution in [-0.2, 0) is 6.67 Å². The summed E-state index contributed by atoms with van der Waals surface area (Å²) in [6.07, 6.45) is 1.86. The Morgan fingerprint density at radius 2 is 1.38 bits per heavy atom. The highest BCUT2D eigenvalue weighted by atomic mass is 15.5. The van der Waals surface area contributed by atoms with Crippen LogP contribution in [0.15, 0.2) is 72.9 Å². The van der Waals surface area contributed by atoms with Crippen molar-refractivity contribution in [1.82, 2.24) is 9.78 Å². The number of rotatable bonds is 2. The van der Waals surface area contributed by atoms with Crippen molar-refractivity contribution in [3.8, 4) is 0 Å². The van der Waals surface area contributed by atoms with Crippen LogP contribution in [0.5, 0.6) is 0 Å². The quantitative estimate of drug-likeness (QED) is 0.716. The van der Waals surface area contributed by atoms with Crippen LogP contribution in [0, 0.1) is 0 Å². The number of aromatic nitrogens is 2. The van der Waals surface area contributed by atoms with E-state index in [4.69, 9.17) is 0 Å². The van der Waals surface area contributed by atoms with Gasteiger partial charge in [0.25, 0.3) is 0 Å². The summed E-state index contributed by atoms with van der Waals surface area (Å²) in [7, 11) is 0. The third kappa shape index (κ3) is 2.14. The van der Waals surface area contributed by atoms with E-state index in [0.29, 0.717) is 0 Å². The van der Waals surface area contributed by atoms with E-state index in [1.807, 2.05) is 23.0 Å². The summed E-state index contributed by atoms with van der Waals surface area (Å²) in [5.41, 5.74) is 2.39. The second-order valence-corrected chi connectivity index (χ2v) is 5.11. The molecule has 0 unspecified atom stereocenters. The lowest BCUT2D eigenvalue weighted by molar-refractivity contribution is 0.539. The van der Waals surface area contributed by atoms with Gasteiger partial charge in [-0.05, 0) is 24.3 Å². The van der Waals surface area contributed by atoms with Gasteiger partial charge in [0, 0.05) is 17.4 Å². The lowest BCUT2D eigenvalue weighted by Crippen LogP contribution is -2.42. The first-order valence-electron chi connectivity index (χ1n) is 7.06. The van der Waals surface area contributed by atoms with Crippen LogP contribution >= 0.6 is 0 Å². The van der Waals surface area contributed by atoms with Crippen molar-refractivity contribution in [1.29, 1.82) is 0 Å². The van der Waals surface area contributed by atoms with E-state index in [-0.39, 0.29) is 0 Å². The van der Waals surface area contributed by atoms with Crippen LogP contribution in [-0.4, -0.2) is 16.4 Å². The van der Waals surface area contributed by atoms with E-state index >= 15 is 0 Å². The van der Waals surface area contributed by atoms with Crippen molar-refractivity contribution in [2.45, 2.75) is 6.67 Å². The zero-order valence-electron chi connectivity index (χ0n) is 11.6. The van der Waals surface area contributed by atoms with Crippen LogP contribution < -0.4 is 9.80 Å². The summed E-state index contributed by atoms with van der Waals surface area (Å²) in [6.45, 7) is 1.59. The molecule has 1 aliphatic heterocycles. The molecule has 21 heavy (non-hydrogen) atoms. The maximum Gasteiger partial charge on any atom is 0.134 e. The Morgan fingerprint density at radius 3 is 2.10 bits per heavy atom. The highest BCUT2D eigenvalue weighted by Crippen LogP contribution is 2.30. The Bertz CT molecular complexity index is 721. The fourth-order valence-corrected chi connectivity index (χ4v) is 2.74. The zero-order chi connectivity index (χ0) is 14.1. The van der Waals surface area contributed by atoms with E-state index < -0.39 is 0 Å². The average molecular weight is 276 g/mol. The monoisotopic (exact) mass is 276 g/mol. The summed E-state index contributed by atoms with van der Waals surface area (Å²) < 4.78 is 2.03. The fraction of sp³-hybridized carbons (Fsp3) is 0.118. The van der Waals surface area contributed by atoms with Crippen molar-refractivity contribution in [3.63, 3.8) is 0 Å². The molecule has 0 saturated carbocycles. The molecule has 3 aromatic rings. The first-order valence-corrected chi connectivity index (χ1v) is 7.06. The van der Waals surface area contributed by atoms with Crippen LogP contribution in [0.25, 0.3) is 0 Å². The van der Waals surface area contributed by atoms with Gasteiger partial charge >= 0.3 is 0 Å². The minimum atomic E-state index is 0.773. The Balaban J connectivity index is 1.74. The summed E-state index contributed by atoms with van der Waals surface area (Å²) in [6, 6.07) is 23.0.